The fraction of sp³-hybridized carbons (Fsp3) is 0.133. The summed E-state index contributed by atoms with van der Waals surface area (Å²) in [7, 11) is 0. The van der Waals surface area contributed by atoms with E-state index in [0.717, 1.165) is 25.9 Å². The Hall–Kier alpha value is -1.38. The molecule has 1 aromatic heterocycles. The van der Waals surface area contributed by atoms with E-state index in [1.54, 1.807) is 18.3 Å². The van der Waals surface area contributed by atoms with Gasteiger partial charge in [0.25, 0.3) is 0 Å². The van der Waals surface area contributed by atoms with Crippen molar-refractivity contribution in [2.24, 2.45) is 0 Å². The lowest BCUT2D eigenvalue weighted by molar-refractivity contribution is -0.113. The van der Waals surface area contributed by atoms with E-state index >= 15 is 0 Å². The summed E-state index contributed by atoms with van der Waals surface area (Å²) in [4.78, 5) is 13.4. The van der Waals surface area contributed by atoms with Crippen molar-refractivity contribution < 1.29 is 4.79 Å². The van der Waals surface area contributed by atoms with Crippen LogP contribution in [0.4, 0.5) is 0 Å². The Balaban J connectivity index is 2.35. The Kier molecular flexibility index (Phi) is 4.00. The number of thiophene rings is 1. The lowest BCUT2D eigenvalue weighted by atomic mass is 10.2. The Morgan fingerprint density at radius 3 is 2.56 bits per heavy atom. The fourth-order valence-corrected chi connectivity index (χ4v) is 2.89. The van der Waals surface area contributed by atoms with E-state index in [-0.39, 0.29) is 5.78 Å². The molecule has 0 radical (unpaired) electrons. The summed E-state index contributed by atoms with van der Waals surface area (Å²) >= 11 is 7.79. The van der Waals surface area contributed by atoms with Crippen LogP contribution in [0.25, 0.3) is 16.5 Å². The molecule has 0 aliphatic heterocycles. The number of Topliss-reactive ketones (excluding diaryl/α,β-unsaturated/α-hetero) is 1. The molecule has 2 aromatic rings. The van der Waals surface area contributed by atoms with E-state index in [4.69, 9.17) is 11.6 Å². The van der Waals surface area contributed by atoms with Crippen molar-refractivity contribution in [1.29, 1.82) is 0 Å². The molecule has 0 unspecified atom stereocenters. The van der Waals surface area contributed by atoms with Gasteiger partial charge in [0.1, 0.15) is 0 Å². The molecule has 18 heavy (non-hydrogen) atoms. The number of halogens is 1. The van der Waals surface area contributed by atoms with E-state index in [0.29, 0.717) is 0 Å². The standard InChI is InChI=1S/C15H13ClOS/c1-10(11(2)17)9-12-7-8-15(18-12)13-5-3-4-6-14(13)16/h3-9H,1-2H3/b10-9+. The van der Waals surface area contributed by atoms with Crippen molar-refractivity contribution in [3.05, 3.63) is 51.9 Å². The highest BCUT2D eigenvalue weighted by Gasteiger charge is 2.06. The van der Waals surface area contributed by atoms with Crippen molar-refractivity contribution in [3.63, 3.8) is 0 Å². The van der Waals surface area contributed by atoms with Crippen molar-refractivity contribution in [3.8, 4) is 10.4 Å². The second kappa shape index (κ2) is 5.51. The highest BCUT2D eigenvalue weighted by atomic mass is 35.5. The summed E-state index contributed by atoms with van der Waals surface area (Å²) in [5, 5.41) is 0.748. The van der Waals surface area contributed by atoms with Crippen LogP contribution in [0, 0.1) is 0 Å². The van der Waals surface area contributed by atoms with Gasteiger partial charge in [-0.05, 0) is 43.7 Å². The second-order valence-electron chi connectivity index (χ2n) is 4.07. The SMILES string of the molecule is CC(=O)/C(C)=C/c1ccc(-c2ccccc2Cl)s1. The molecule has 0 bridgehead atoms. The number of ketones is 1. The second-order valence-corrected chi connectivity index (χ2v) is 5.59. The lowest BCUT2D eigenvalue weighted by Crippen LogP contribution is -1.89. The Bertz CT molecular complexity index is 610. The maximum Gasteiger partial charge on any atom is 0.155 e. The molecule has 0 saturated carbocycles. The van der Waals surface area contributed by atoms with Crippen LogP contribution in [0.1, 0.15) is 18.7 Å². The summed E-state index contributed by atoms with van der Waals surface area (Å²) in [5.74, 6) is 0.0997. The summed E-state index contributed by atoms with van der Waals surface area (Å²) in [5.41, 5.74) is 1.80. The average molecular weight is 277 g/mol. The van der Waals surface area contributed by atoms with Crippen molar-refractivity contribution in [1.82, 2.24) is 0 Å². The molecule has 1 heterocycles. The Labute approximate surface area is 116 Å². The fourth-order valence-electron chi connectivity index (χ4n) is 1.55. The quantitative estimate of drug-likeness (QED) is 0.716. The molecule has 0 saturated heterocycles. The van der Waals surface area contributed by atoms with Gasteiger partial charge in [-0.25, -0.2) is 0 Å². The van der Waals surface area contributed by atoms with E-state index in [9.17, 15) is 4.79 Å². The Morgan fingerprint density at radius 1 is 1.17 bits per heavy atom. The number of benzene rings is 1. The number of allylic oxidation sites excluding steroid dienone is 1. The summed E-state index contributed by atoms with van der Waals surface area (Å²) in [6, 6.07) is 11.8. The third-order valence-electron chi connectivity index (χ3n) is 2.68. The van der Waals surface area contributed by atoms with Gasteiger partial charge in [-0.2, -0.15) is 0 Å². The molecule has 0 fully saturated rings. The predicted molar refractivity (Wildman–Crippen MR) is 79.1 cm³/mol. The first-order chi connectivity index (χ1) is 8.58. The normalized spacial score (nSPS) is 11.6. The summed E-state index contributed by atoms with van der Waals surface area (Å²) < 4.78 is 0. The first kappa shape index (κ1) is 13.1. The topological polar surface area (TPSA) is 17.1 Å². The first-order valence-corrected chi connectivity index (χ1v) is 6.81. The number of carbonyl (C=O) groups excluding carboxylic acids is 1. The molecule has 0 spiro atoms. The van der Waals surface area contributed by atoms with Crippen LogP contribution in [-0.4, -0.2) is 5.78 Å². The molecule has 0 atom stereocenters. The smallest absolute Gasteiger partial charge is 0.155 e. The van der Waals surface area contributed by atoms with E-state index in [1.807, 2.05) is 49.4 Å². The molecular formula is C15H13ClOS. The minimum atomic E-state index is 0.0997. The molecule has 3 heteroatoms. The first-order valence-electron chi connectivity index (χ1n) is 5.62. The highest BCUT2D eigenvalue weighted by molar-refractivity contribution is 7.16. The number of hydrogen-bond acceptors (Lipinski definition) is 2. The van der Waals surface area contributed by atoms with Crippen LogP contribution in [0.3, 0.4) is 0 Å². The maximum atomic E-state index is 11.2. The molecule has 2 rings (SSSR count). The minimum absolute atomic E-state index is 0.0997. The molecule has 0 N–H and O–H groups in total. The molecular weight excluding hydrogens is 264 g/mol. The van der Waals surface area contributed by atoms with E-state index < -0.39 is 0 Å². The molecule has 0 aliphatic rings. The van der Waals surface area contributed by atoms with E-state index in [2.05, 4.69) is 0 Å². The van der Waals surface area contributed by atoms with Gasteiger partial charge in [-0.15, -0.1) is 11.3 Å². The van der Waals surface area contributed by atoms with Gasteiger partial charge in [0, 0.05) is 20.3 Å². The van der Waals surface area contributed by atoms with Gasteiger partial charge in [0.05, 0.1) is 0 Å². The van der Waals surface area contributed by atoms with Gasteiger partial charge in [-0.1, -0.05) is 29.8 Å². The van der Waals surface area contributed by atoms with Crippen LogP contribution in [-0.2, 0) is 4.79 Å². The van der Waals surface area contributed by atoms with Gasteiger partial charge < -0.3 is 0 Å². The predicted octanol–water partition coefficient (Wildman–Crippen LogP) is 5.06. The third kappa shape index (κ3) is 2.89. The van der Waals surface area contributed by atoms with Gasteiger partial charge in [-0.3, -0.25) is 4.79 Å². The minimum Gasteiger partial charge on any atom is -0.295 e. The molecule has 92 valence electrons. The van der Waals surface area contributed by atoms with Gasteiger partial charge >= 0.3 is 0 Å². The number of rotatable bonds is 3. The summed E-state index contributed by atoms with van der Waals surface area (Å²) in [6.45, 7) is 3.41. The van der Waals surface area contributed by atoms with Crippen molar-refractivity contribution >= 4 is 34.8 Å². The van der Waals surface area contributed by atoms with Gasteiger partial charge in [0.2, 0.25) is 0 Å². The lowest BCUT2D eigenvalue weighted by Gasteiger charge is -1.99. The largest absolute Gasteiger partial charge is 0.295 e. The highest BCUT2D eigenvalue weighted by Crippen LogP contribution is 2.33. The number of carbonyl (C=O) groups is 1. The summed E-state index contributed by atoms with van der Waals surface area (Å²) in [6.07, 6.45) is 1.91. The number of hydrogen-bond donors (Lipinski definition) is 0. The van der Waals surface area contributed by atoms with Crippen LogP contribution >= 0.6 is 22.9 Å². The monoisotopic (exact) mass is 276 g/mol. The van der Waals surface area contributed by atoms with Crippen LogP contribution < -0.4 is 0 Å². The third-order valence-corrected chi connectivity index (χ3v) is 4.08. The molecule has 0 aliphatic carbocycles. The van der Waals surface area contributed by atoms with Crippen molar-refractivity contribution in [2.75, 3.05) is 0 Å². The zero-order valence-corrected chi connectivity index (χ0v) is 11.8. The van der Waals surface area contributed by atoms with Gasteiger partial charge in [0.15, 0.2) is 5.78 Å². The van der Waals surface area contributed by atoms with Crippen molar-refractivity contribution in [2.45, 2.75) is 13.8 Å². The van der Waals surface area contributed by atoms with E-state index in [1.165, 1.54) is 0 Å². The Morgan fingerprint density at radius 2 is 1.89 bits per heavy atom. The zero-order valence-electron chi connectivity index (χ0n) is 10.2. The zero-order chi connectivity index (χ0) is 13.1. The molecule has 1 nitrogen and oxygen atoms in total. The van der Waals surface area contributed by atoms with Crippen LogP contribution in [0.15, 0.2) is 42.0 Å². The van der Waals surface area contributed by atoms with Crippen LogP contribution in [0.5, 0.6) is 0 Å². The van der Waals surface area contributed by atoms with Crippen LogP contribution in [0.2, 0.25) is 5.02 Å². The average Bonchev–Trinajstić information content (AvgIpc) is 2.77. The molecule has 0 amide bonds. The molecule has 1 aromatic carbocycles. The maximum absolute atomic E-state index is 11.2.